The zero-order valence-corrected chi connectivity index (χ0v) is 19.4. The summed E-state index contributed by atoms with van der Waals surface area (Å²) in [6.07, 6.45) is 4.07. The van der Waals surface area contributed by atoms with E-state index in [1.807, 2.05) is 41.1 Å². The Labute approximate surface area is 190 Å². The number of hydrogen-bond acceptors (Lipinski definition) is 4. The second-order valence-corrected chi connectivity index (χ2v) is 7.43. The van der Waals surface area contributed by atoms with Gasteiger partial charge < -0.3 is 20.1 Å². The monoisotopic (exact) mass is 435 g/mol. The lowest BCUT2D eigenvalue weighted by molar-refractivity contribution is 0.354. The van der Waals surface area contributed by atoms with Crippen LogP contribution in [0.5, 0.6) is 11.5 Å². The first-order valence-electron chi connectivity index (χ1n) is 11.0. The van der Waals surface area contributed by atoms with Crippen molar-refractivity contribution in [2.75, 3.05) is 27.3 Å². The number of guanidine groups is 1. The number of aryl methyl sites for hydroxylation is 2. The average molecular weight is 436 g/mol. The largest absolute Gasteiger partial charge is 0.493 e. The van der Waals surface area contributed by atoms with Crippen LogP contribution < -0.4 is 20.1 Å². The van der Waals surface area contributed by atoms with Crippen LogP contribution in [0.15, 0.2) is 59.7 Å². The predicted molar refractivity (Wildman–Crippen MR) is 129 cm³/mol. The summed E-state index contributed by atoms with van der Waals surface area (Å²) in [5.74, 6) is 2.24. The molecule has 170 valence electrons. The van der Waals surface area contributed by atoms with E-state index in [4.69, 9.17) is 14.5 Å². The summed E-state index contributed by atoms with van der Waals surface area (Å²) < 4.78 is 12.6. The Kier molecular flexibility index (Phi) is 8.54. The maximum atomic E-state index is 5.38. The van der Waals surface area contributed by atoms with Gasteiger partial charge in [-0.15, -0.1) is 0 Å². The lowest BCUT2D eigenvalue weighted by atomic mass is 10.1. The summed E-state index contributed by atoms with van der Waals surface area (Å²) in [6, 6.07) is 16.1. The third-order valence-electron chi connectivity index (χ3n) is 5.15. The number of nitrogens with zero attached hydrogens (tertiary/aromatic N) is 3. The summed E-state index contributed by atoms with van der Waals surface area (Å²) in [5, 5.41) is 11.4. The molecule has 3 rings (SSSR count). The molecule has 2 N–H and O–H groups in total. The number of benzene rings is 2. The van der Waals surface area contributed by atoms with Crippen LogP contribution in [0.3, 0.4) is 0 Å². The van der Waals surface area contributed by atoms with Gasteiger partial charge in [-0.1, -0.05) is 24.3 Å². The maximum Gasteiger partial charge on any atom is 0.191 e. The molecule has 0 aliphatic carbocycles. The molecule has 0 aliphatic rings. The Bertz CT molecular complexity index is 1010. The molecule has 1 heterocycles. The maximum absolute atomic E-state index is 5.38. The van der Waals surface area contributed by atoms with Gasteiger partial charge >= 0.3 is 0 Å². The van der Waals surface area contributed by atoms with Crippen LogP contribution in [-0.2, 0) is 13.0 Å². The highest BCUT2D eigenvalue weighted by molar-refractivity contribution is 5.79. The van der Waals surface area contributed by atoms with Crippen molar-refractivity contribution in [1.29, 1.82) is 0 Å². The van der Waals surface area contributed by atoms with Crippen LogP contribution in [0.2, 0.25) is 0 Å². The zero-order valence-electron chi connectivity index (χ0n) is 19.4. The second-order valence-electron chi connectivity index (χ2n) is 7.43. The smallest absolute Gasteiger partial charge is 0.191 e. The van der Waals surface area contributed by atoms with Gasteiger partial charge in [-0.3, -0.25) is 0 Å². The first kappa shape index (κ1) is 23.2. The van der Waals surface area contributed by atoms with Gasteiger partial charge in [0.2, 0.25) is 0 Å². The molecule has 7 nitrogen and oxygen atoms in total. The van der Waals surface area contributed by atoms with Crippen LogP contribution in [0, 0.1) is 6.92 Å². The lowest BCUT2D eigenvalue weighted by Gasteiger charge is -2.12. The van der Waals surface area contributed by atoms with Gasteiger partial charge in [0.05, 0.1) is 32.1 Å². The molecule has 0 bridgehead atoms. The van der Waals surface area contributed by atoms with Gasteiger partial charge in [0.15, 0.2) is 17.5 Å². The first-order chi connectivity index (χ1) is 15.6. The number of nitrogens with one attached hydrogen (secondary N) is 2. The van der Waals surface area contributed by atoms with Crippen LogP contribution in [0.4, 0.5) is 0 Å². The van der Waals surface area contributed by atoms with Crippen molar-refractivity contribution in [3.63, 3.8) is 0 Å². The Morgan fingerprint density at radius 2 is 1.81 bits per heavy atom. The number of rotatable bonds is 10. The summed E-state index contributed by atoms with van der Waals surface area (Å²) in [7, 11) is 3.28. The van der Waals surface area contributed by atoms with Gasteiger partial charge in [-0.25, -0.2) is 9.67 Å². The van der Waals surface area contributed by atoms with E-state index in [0.717, 1.165) is 54.6 Å². The number of ether oxygens (including phenoxy) is 2. The number of aliphatic imine (C=N–C) groups is 1. The lowest BCUT2D eigenvalue weighted by Crippen LogP contribution is -2.37. The van der Waals surface area contributed by atoms with E-state index >= 15 is 0 Å². The van der Waals surface area contributed by atoms with Crippen molar-refractivity contribution < 1.29 is 9.47 Å². The molecule has 0 saturated heterocycles. The SMILES string of the molecule is CCNC(=NCc1ccc(OC)c(OC)c1)NCCCc1cn(-c2ccccc2)nc1C. The normalized spacial score (nSPS) is 11.3. The molecule has 0 fully saturated rings. The highest BCUT2D eigenvalue weighted by atomic mass is 16.5. The molecule has 0 spiro atoms. The van der Waals surface area contributed by atoms with Gasteiger partial charge in [0.1, 0.15) is 0 Å². The second kappa shape index (κ2) is 11.8. The molecule has 0 saturated carbocycles. The fourth-order valence-electron chi connectivity index (χ4n) is 3.43. The Balaban J connectivity index is 1.53. The summed E-state index contributed by atoms with van der Waals surface area (Å²) in [6.45, 7) is 6.32. The van der Waals surface area contributed by atoms with Crippen LogP contribution >= 0.6 is 0 Å². The summed E-state index contributed by atoms with van der Waals surface area (Å²) in [5.41, 5.74) is 4.48. The molecular formula is C25H33N5O2. The fourth-order valence-corrected chi connectivity index (χ4v) is 3.43. The van der Waals surface area contributed by atoms with Gasteiger partial charge in [-0.05, 0) is 62.1 Å². The number of hydrogen-bond donors (Lipinski definition) is 2. The summed E-state index contributed by atoms with van der Waals surface area (Å²) in [4.78, 5) is 4.70. The molecule has 1 aromatic heterocycles. The van der Waals surface area contributed by atoms with Gasteiger partial charge in [0.25, 0.3) is 0 Å². The van der Waals surface area contributed by atoms with Crippen LogP contribution in [-0.4, -0.2) is 43.0 Å². The van der Waals surface area contributed by atoms with E-state index in [-0.39, 0.29) is 0 Å². The Hall–Kier alpha value is -3.48. The van der Waals surface area contributed by atoms with E-state index in [9.17, 15) is 0 Å². The van der Waals surface area contributed by atoms with Crippen molar-refractivity contribution in [1.82, 2.24) is 20.4 Å². The first-order valence-corrected chi connectivity index (χ1v) is 11.0. The average Bonchev–Trinajstić information content (AvgIpc) is 3.20. The fraction of sp³-hybridized carbons (Fsp3) is 0.360. The quantitative estimate of drug-likeness (QED) is 0.287. The number of para-hydroxylation sites is 1. The van der Waals surface area contributed by atoms with E-state index in [2.05, 4.69) is 47.9 Å². The Morgan fingerprint density at radius 1 is 1.03 bits per heavy atom. The number of aromatic nitrogens is 2. The minimum Gasteiger partial charge on any atom is -0.493 e. The predicted octanol–water partition coefficient (Wildman–Crippen LogP) is 3.89. The minimum absolute atomic E-state index is 0.554. The highest BCUT2D eigenvalue weighted by Gasteiger charge is 2.07. The van der Waals surface area contributed by atoms with Crippen molar-refractivity contribution in [2.45, 2.75) is 33.2 Å². The topological polar surface area (TPSA) is 72.7 Å². The molecular weight excluding hydrogens is 402 g/mol. The molecule has 0 unspecified atom stereocenters. The molecule has 2 aromatic carbocycles. The third-order valence-corrected chi connectivity index (χ3v) is 5.15. The van der Waals surface area contributed by atoms with Gasteiger partial charge in [-0.2, -0.15) is 5.10 Å². The van der Waals surface area contributed by atoms with E-state index in [1.54, 1.807) is 14.2 Å². The molecule has 0 radical (unpaired) electrons. The van der Waals surface area contributed by atoms with Crippen molar-refractivity contribution in [3.8, 4) is 17.2 Å². The molecule has 32 heavy (non-hydrogen) atoms. The molecule has 7 heteroatoms. The van der Waals surface area contributed by atoms with E-state index in [1.165, 1.54) is 5.56 Å². The zero-order chi connectivity index (χ0) is 22.8. The van der Waals surface area contributed by atoms with E-state index < -0.39 is 0 Å². The minimum atomic E-state index is 0.554. The van der Waals surface area contributed by atoms with Crippen molar-refractivity contribution in [2.24, 2.45) is 4.99 Å². The van der Waals surface area contributed by atoms with Crippen LogP contribution in [0.1, 0.15) is 30.2 Å². The van der Waals surface area contributed by atoms with Crippen molar-refractivity contribution in [3.05, 3.63) is 71.5 Å². The third kappa shape index (κ3) is 6.26. The molecule has 0 aliphatic heterocycles. The summed E-state index contributed by atoms with van der Waals surface area (Å²) >= 11 is 0. The Morgan fingerprint density at radius 3 is 2.53 bits per heavy atom. The number of methoxy groups -OCH3 is 2. The molecule has 0 amide bonds. The van der Waals surface area contributed by atoms with E-state index in [0.29, 0.717) is 12.3 Å². The molecule has 0 atom stereocenters. The molecule has 3 aromatic rings. The van der Waals surface area contributed by atoms with Gasteiger partial charge in [0, 0.05) is 19.3 Å². The van der Waals surface area contributed by atoms with Crippen LogP contribution in [0.25, 0.3) is 5.69 Å². The van der Waals surface area contributed by atoms with Crippen molar-refractivity contribution >= 4 is 5.96 Å². The standard InChI is InChI=1S/C25H33N5O2/c1-5-26-25(28-17-20-13-14-23(31-3)24(16-20)32-4)27-15-9-10-21-18-30(29-19(21)2)22-11-7-6-8-12-22/h6-8,11-14,16,18H,5,9-10,15,17H2,1-4H3,(H2,26,27,28). The highest BCUT2D eigenvalue weighted by Crippen LogP contribution is 2.27.